The van der Waals surface area contributed by atoms with Crippen molar-refractivity contribution < 1.29 is 61.5 Å². The number of benzene rings is 4. The highest BCUT2D eigenvalue weighted by molar-refractivity contribution is 7.85. The molecule has 14 rings (SSSR count). The van der Waals surface area contributed by atoms with Crippen molar-refractivity contribution in [3.8, 4) is 44.9 Å². The van der Waals surface area contributed by atoms with E-state index in [1.54, 1.807) is 33.5 Å². The van der Waals surface area contributed by atoms with E-state index in [1.165, 1.54) is 43.9 Å². The smallest absolute Gasteiger partial charge is 0.407 e. The monoisotopic (exact) mass is 1550 g/mol. The van der Waals surface area contributed by atoms with Crippen molar-refractivity contribution in [2.45, 2.75) is 171 Å². The molecule has 6 aliphatic heterocycles. The number of fused-ring (bicyclic) bond motifs is 6. The highest BCUT2D eigenvalue weighted by Gasteiger charge is 2.43. The van der Waals surface area contributed by atoms with Crippen molar-refractivity contribution in [1.29, 1.82) is 0 Å². The minimum absolute atomic E-state index is 0.0878. The Labute approximate surface area is 650 Å². The maximum atomic E-state index is 14.0. The summed E-state index contributed by atoms with van der Waals surface area (Å²) in [6.45, 7) is 17.5. The molecule has 0 aliphatic carbocycles. The van der Waals surface area contributed by atoms with Crippen LogP contribution in [-0.2, 0) is 48.9 Å². The summed E-state index contributed by atoms with van der Waals surface area (Å²) in [6, 6.07) is 21.1. The zero-order valence-corrected chi connectivity index (χ0v) is 66.2. The summed E-state index contributed by atoms with van der Waals surface area (Å²) in [5, 5.41) is 13.2. The minimum atomic E-state index is -1.45. The molecule has 8 aromatic rings. The van der Waals surface area contributed by atoms with Gasteiger partial charge in [0.1, 0.15) is 41.6 Å². The van der Waals surface area contributed by atoms with E-state index in [1.807, 2.05) is 114 Å². The number of hydrogen-bond donors (Lipinski definition) is 7. The van der Waals surface area contributed by atoms with Gasteiger partial charge in [-0.25, -0.2) is 38.3 Å². The Hall–Kier alpha value is -10.8. The lowest BCUT2D eigenvalue weighted by atomic mass is 9.97. The molecule has 4 aromatic carbocycles. The first kappa shape index (κ1) is 78.4. The van der Waals surface area contributed by atoms with Crippen LogP contribution >= 0.6 is 11.3 Å². The van der Waals surface area contributed by atoms with Crippen molar-refractivity contribution in [1.82, 2.24) is 70.8 Å². The van der Waals surface area contributed by atoms with E-state index in [0.717, 1.165) is 124 Å². The highest BCUT2D eigenvalue weighted by atomic mass is 32.2. The molecule has 4 aromatic heterocycles. The van der Waals surface area contributed by atoms with Gasteiger partial charge < -0.3 is 74.8 Å². The molecule has 0 saturated carbocycles. The van der Waals surface area contributed by atoms with Gasteiger partial charge in [-0.1, -0.05) is 104 Å². The van der Waals surface area contributed by atoms with Crippen molar-refractivity contribution in [3.63, 3.8) is 0 Å². The lowest BCUT2D eigenvalue weighted by Crippen LogP contribution is -2.53. The van der Waals surface area contributed by atoms with Crippen molar-refractivity contribution in [3.05, 3.63) is 121 Å². The van der Waals surface area contributed by atoms with Crippen LogP contribution in [0.15, 0.2) is 112 Å². The number of amides is 8. The molecule has 0 radical (unpaired) electrons. The van der Waals surface area contributed by atoms with Gasteiger partial charge in [-0.15, -0.1) is 11.3 Å². The van der Waals surface area contributed by atoms with Crippen LogP contribution in [0.3, 0.4) is 0 Å². The molecule has 586 valence electrons. The molecule has 0 unspecified atom stereocenters. The molecule has 8 atom stereocenters. The van der Waals surface area contributed by atoms with E-state index in [0.29, 0.717) is 54.0 Å². The highest BCUT2D eigenvalue weighted by Crippen LogP contribution is 2.46. The average Bonchev–Trinajstić information content (AvgIpc) is 1.60. The van der Waals surface area contributed by atoms with E-state index in [4.69, 9.17) is 28.9 Å². The van der Waals surface area contributed by atoms with E-state index in [9.17, 15) is 42.6 Å². The Morgan fingerprint density at radius 2 is 0.757 bits per heavy atom. The summed E-state index contributed by atoms with van der Waals surface area (Å²) in [7, 11) is 3.69. The SMILES string of the molecule is COC(=O)N[C@H](C(=O)N1CCC[C@H]1C1=NC=C(c2ccc3c(c2)sc2cc(-c4cnc([C@@H]5CCCN5C(=O)[C@@H](NC(=O)OC)C(C)C)[nH]4)ccc23)C1)C(C)C.COC(=O)N[C@H](C(=O)N1CCC[C@H]1c1ncc(-c2ccc3c(c2)S(=O)c2cc(-c4cnc([C@@H]5CCCN5C(=O)[C@@H](NC(=O)OC)C(C)C)[nH]4)ccc2-3)[nH]1)C(C)C. The molecule has 111 heavy (non-hydrogen) atoms. The number of aromatic amines is 3. The fourth-order valence-corrected chi connectivity index (χ4v) is 18.7. The number of imidazole rings is 3. The number of carbonyl (C=O) groups excluding carboxylic acids is 8. The quantitative estimate of drug-likeness (QED) is 0.0349. The predicted molar refractivity (Wildman–Crippen MR) is 421 cm³/mol. The average molecular weight is 1550 g/mol. The molecule has 0 spiro atoms. The van der Waals surface area contributed by atoms with Gasteiger partial charge in [0.2, 0.25) is 23.6 Å². The number of ether oxygens (including phenoxy) is 4. The molecule has 7 N–H and O–H groups in total. The number of likely N-dealkylation sites (tertiary alicyclic amines) is 4. The first-order chi connectivity index (χ1) is 53.4. The molecule has 0 bridgehead atoms. The topological polar surface area (TPSA) is 350 Å². The Bertz CT molecular complexity index is 4830. The molecule has 6 aliphatic rings. The first-order valence-corrected chi connectivity index (χ1v) is 40.0. The molecular formula is C81H97N15O13S2. The summed E-state index contributed by atoms with van der Waals surface area (Å²) in [6.07, 6.45) is 11.8. The number of methoxy groups -OCH3 is 4. The lowest BCUT2D eigenvalue weighted by Gasteiger charge is -2.31. The van der Waals surface area contributed by atoms with E-state index < -0.39 is 59.3 Å². The zero-order valence-electron chi connectivity index (χ0n) is 64.6. The second-order valence-electron chi connectivity index (χ2n) is 30.4. The molecule has 4 saturated heterocycles. The lowest BCUT2D eigenvalue weighted by molar-refractivity contribution is -0.136. The van der Waals surface area contributed by atoms with E-state index in [2.05, 4.69) is 82.6 Å². The number of H-pyrrole nitrogens is 3. The largest absolute Gasteiger partial charge is 0.453 e. The van der Waals surface area contributed by atoms with Gasteiger partial charge in [0.15, 0.2) is 0 Å². The number of hydrogen-bond acceptors (Lipinski definition) is 18. The Kier molecular flexibility index (Phi) is 23.6. The maximum absolute atomic E-state index is 14.0. The maximum Gasteiger partial charge on any atom is 0.407 e. The van der Waals surface area contributed by atoms with Gasteiger partial charge in [0, 0.05) is 81.4 Å². The number of rotatable bonds is 20. The van der Waals surface area contributed by atoms with Gasteiger partial charge in [0.25, 0.3) is 0 Å². The predicted octanol–water partition coefficient (Wildman–Crippen LogP) is 12.7. The van der Waals surface area contributed by atoms with Crippen LogP contribution in [0.2, 0.25) is 0 Å². The number of allylic oxidation sites excluding steroid dienone is 1. The number of aromatic nitrogens is 6. The van der Waals surface area contributed by atoms with Gasteiger partial charge in [-0.05, 0) is 122 Å². The molecule has 10 heterocycles. The Morgan fingerprint density at radius 3 is 1.11 bits per heavy atom. The van der Waals surface area contributed by atoms with Gasteiger partial charge in [0.05, 0.1) is 109 Å². The number of thiophene rings is 1. The molecule has 28 nitrogen and oxygen atoms in total. The van der Waals surface area contributed by atoms with Crippen LogP contribution < -0.4 is 21.3 Å². The third-order valence-electron chi connectivity index (χ3n) is 22.0. The second-order valence-corrected chi connectivity index (χ2v) is 32.9. The first-order valence-electron chi connectivity index (χ1n) is 38.0. The second kappa shape index (κ2) is 33.4. The van der Waals surface area contributed by atoms with Crippen molar-refractivity contribution in [2.24, 2.45) is 28.7 Å². The van der Waals surface area contributed by atoms with E-state index in [-0.39, 0.29) is 71.5 Å². The summed E-state index contributed by atoms with van der Waals surface area (Å²) >= 11 is 1.74. The van der Waals surface area contributed by atoms with Crippen LogP contribution in [0.1, 0.15) is 154 Å². The third kappa shape index (κ3) is 16.1. The number of carbonyl (C=O) groups is 8. The summed E-state index contributed by atoms with van der Waals surface area (Å²) in [5.74, 6) is 0.984. The van der Waals surface area contributed by atoms with Crippen molar-refractivity contribution >= 4 is 102 Å². The van der Waals surface area contributed by atoms with Crippen LogP contribution in [0.25, 0.3) is 70.6 Å². The Balaban J connectivity index is 0.000000195. The van der Waals surface area contributed by atoms with Gasteiger partial charge in [-0.2, -0.15) is 0 Å². The fourth-order valence-electron chi connectivity index (χ4n) is 16.0. The van der Waals surface area contributed by atoms with Crippen LogP contribution in [0.5, 0.6) is 0 Å². The Morgan fingerprint density at radius 1 is 0.441 bits per heavy atom. The van der Waals surface area contributed by atoms with Gasteiger partial charge >= 0.3 is 24.4 Å². The summed E-state index contributed by atoms with van der Waals surface area (Å²) in [5.41, 5.74) is 10.0. The molecule has 4 fully saturated rings. The molecule has 30 heteroatoms. The number of nitrogens with one attached hydrogen (secondary N) is 7. The third-order valence-corrected chi connectivity index (χ3v) is 24.6. The van der Waals surface area contributed by atoms with E-state index >= 15 is 0 Å². The summed E-state index contributed by atoms with van der Waals surface area (Å²) in [4.78, 5) is 140. The molecule has 8 amide bonds. The number of alkyl carbamates (subject to hydrolysis) is 4. The van der Waals surface area contributed by atoms with Gasteiger partial charge in [-0.3, -0.25) is 24.2 Å². The molecular weight excluding hydrogens is 1460 g/mol. The van der Waals surface area contributed by atoms with Crippen LogP contribution in [0.4, 0.5) is 19.2 Å². The standard InChI is InChI=1S/C41H49N7O6S.C40H48N8O7S/c1-22(2)35(45-40(51)53-5)38(49)47-15-7-9-31(47)29-17-26(20-42-29)24-11-13-27-28-14-12-25(19-34(28)55-33(27)18-24)30-21-43-37(44-30)32-10-8-16-48(32)39(50)36(23(3)4)46-41(52)54-6;1-21(2)33(45-39(51)54-5)37(49)47-15-7-9-29(47)35-41-19-27(43-35)23-11-13-25-26-14-12-24(18-32(26)56(53)31(25)17-23)28-20-42-36(44-28)30-10-8-16-48(30)38(50)34(22(3)4)46-40(52)55-6/h11-14,18-23,31-32,35-36H,7-10,15-17H2,1-6H3,(H,43,44)(H,45,51)(H,46,52);11-14,17-22,29-30,33-34H,7-10,15-16H2,1-6H3,(H,41,43)(H,42,44)(H,45,51)(H,46,52)/t31-,32-,35-,36-;29-,30-,33-,34-/m00/s1. The minimum Gasteiger partial charge on any atom is -0.453 e. The van der Waals surface area contributed by atoms with Crippen LogP contribution in [0, 0.1) is 23.7 Å². The van der Waals surface area contributed by atoms with Crippen LogP contribution in [-0.4, -0.2) is 192 Å². The fraction of sp³-hybridized carbons (Fsp3) is 0.457. The zero-order chi connectivity index (χ0) is 78.8. The number of nitrogens with zero attached hydrogens (tertiary/aromatic N) is 8. The van der Waals surface area contributed by atoms with Crippen molar-refractivity contribution in [2.75, 3.05) is 54.6 Å². The summed E-state index contributed by atoms with van der Waals surface area (Å²) < 4.78 is 35.4. The normalized spacial score (nSPS) is 19.2. The number of aliphatic imine (C=N–C) groups is 1.